The Morgan fingerprint density at radius 3 is 2.79 bits per heavy atom. The van der Waals surface area contributed by atoms with E-state index in [1.54, 1.807) is 23.6 Å². The van der Waals surface area contributed by atoms with E-state index in [-0.39, 0.29) is 29.3 Å². The van der Waals surface area contributed by atoms with Gasteiger partial charge in [-0.05, 0) is 43.4 Å². The highest BCUT2D eigenvalue weighted by Crippen LogP contribution is 2.36. The summed E-state index contributed by atoms with van der Waals surface area (Å²) < 4.78 is 6.66. The second kappa shape index (κ2) is 8.84. The van der Waals surface area contributed by atoms with Crippen molar-refractivity contribution < 1.29 is 14.3 Å². The number of nitrogens with zero attached hydrogens (tertiary/aromatic N) is 2. The monoisotopic (exact) mass is 417 g/mol. The molecule has 1 saturated heterocycles. The lowest BCUT2D eigenvalue weighted by molar-refractivity contribution is -0.121. The van der Waals surface area contributed by atoms with Crippen molar-refractivity contribution in [2.24, 2.45) is 11.8 Å². The van der Waals surface area contributed by atoms with E-state index in [4.69, 9.17) is 16.3 Å². The van der Waals surface area contributed by atoms with Crippen LogP contribution in [-0.4, -0.2) is 40.3 Å². The van der Waals surface area contributed by atoms with Crippen LogP contribution < -0.4 is 5.32 Å². The number of hydrogen-bond donors (Lipinski definition) is 1. The van der Waals surface area contributed by atoms with E-state index in [2.05, 4.69) is 10.3 Å². The van der Waals surface area contributed by atoms with Gasteiger partial charge in [-0.25, -0.2) is 9.78 Å². The van der Waals surface area contributed by atoms with Crippen LogP contribution in [-0.2, 0) is 16.0 Å². The van der Waals surface area contributed by atoms with Gasteiger partial charge in [0.15, 0.2) is 11.5 Å². The standard InChI is InChI=1S/C22H28ClN3O3/c1-2-29-22(28)20-21(23)26-13-14(8-9-18(26)25-20)12-17(27)19-16(10-11-24-19)15-6-4-3-5-7-15/h8-9,13,15-16,19,24H,2-7,10-12H2,1H3/t16-,19-/m0/s1. The number of halogens is 1. The maximum atomic E-state index is 13.1. The number of imidazole rings is 1. The summed E-state index contributed by atoms with van der Waals surface area (Å²) in [5.41, 5.74) is 1.54. The van der Waals surface area contributed by atoms with Crippen LogP contribution in [0, 0.1) is 11.8 Å². The quantitative estimate of drug-likeness (QED) is 0.723. The molecule has 0 unspecified atom stereocenters. The zero-order valence-corrected chi connectivity index (χ0v) is 17.6. The predicted octanol–water partition coefficient (Wildman–Crippen LogP) is 3.83. The molecule has 0 aromatic carbocycles. The molecule has 1 aliphatic carbocycles. The van der Waals surface area contributed by atoms with Gasteiger partial charge in [-0.2, -0.15) is 0 Å². The highest BCUT2D eigenvalue weighted by Gasteiger charge is 2.37. The number of Topliss-reactive ketones (excluding diaryl/α,β-unsaturated/α-hetero) is 1. The average Bonchev–Trinajstić information content (AvgIpc) is 3.34. The van der Waals surface area contributed by atoms with Crippen LogP contribution in [0.4, 0.5) is 0 Å². The number of nitrogens with one attached hydrogen (secondary N) is 1. The SMILES string of the molecule is CCOC(=O)c1nc2ccc(CC(=O)[C@H]3NCC[C@H]3C3CCCCC3)cn2c1Cl. The smallest absolute Gasteiger partial charge is 0.360 e. The van der Waals surface area contributed by atoms with E-state index < -0.39 is 5.97 Å². The molecule has 3 heterocycles. The van der Waals surface area contributed by atoms with E-state index in [0.29, 0.717) is 23.9 Å². The van der Waals surface area contributed by atoms with Gasteiger partial charge < -0.3 is 10.1 Å². The number of ketones is 1. The molecule has 0 spiro atoms. The second-order valence-corrected chi connectivity index (χ2v) is 8.52. The minimum atomic E-state index is -0.538. The van der Waals surface area contributed by atoms with Gasteiger partial charge in [0.2, 0.25) is 0 Å². The Morgan fingerprint density at radius 2 is 2.03 bits per heavy atom. The average molecular weight is 418 g/mol. The summed E-state index contributed by atoms with van der Waals surface area (Å²) in [5, 5.41) is 3.66. The Kier molecular flexibility index (Phi) is 6.20. The van der Waals surface area contributed by atoms with Crippen LogP contribution in [0.2, 0.25) is 5.15 Å². The number of esters is 1. The van der Waals surface area contributed by atoms with Gasteiger partial charge in [0.25, 0.3) is 0 Å². The third-order valence-electron chi connectivity index (χ3n) is 6.34. The topological polar surface area (TPSA) is 72.7 Å². The molecule has 1 saturated carbocycles. The third-order valence-corrected chi connectivity index (χ3v) is 6.70. The lowest BCUT2D eigenvalue weighted by Crippen LogP contribution is -2.40. The van der Waals surface area contributed by atoms with Crippen LogP contribution in [0.25, 0.3) is 5.65 Å². The molecule has 29 heavy (non-hydrogen) atoms. The normalized spacial score (nSPS) is 22.8. The van der Waals surface area contributed by atoms with Gasteiger partial charge in [0.1, 0.15) is 10.8 Å². The molecule has 2 fully saturated rings. The first-order valence-corrected chi connectivity index (χ1v) is 11.1. The summed E-state index contributed by atoms with van der Waals surface area (Å²) in [5.74, 6) is 0.827. The van der Waals surface area contributed by atoms with Gasteiger partial charge in [0, 0.05) is 12.6 Å². The van der Waals surface area contributed by atoms with Gasteiger partial charge in [0.05, 0.1) is 12.6 Å². The Bertz CT molecular complexity index is 904. The fourth-order valence-corrected chi connectivity index (χ4v) is 5.21. The minimum absolute atomic E-state index is 0.0536. The van der Waals surface area contributed by atoms with E-state index in [1.165, 1.54) is 32.1 Å². The number of ether oxygens (including phenoxy) is 1. The summed E-state index contributed by atoms with van der Waals surface area (Å²) in [4.78, 5) is 29.4. The molecule has 0 bridgehead atoms. The van der Waals surface area contributed by atoms with Crippen molar-refractivity contribution in [1.82, 2.24) is 14.7 Å². The molecule has 1 N–H and O–H groups in total. The van der Waals surface area contributed by atoms with Crippen LogP contribution in [0.5, 0.6) is 0 Å². The van der Waals surface area contributed by atoms with Crippen molar-refractivity contribution in [2.45, 2.75) is 57.9 Å². The van der Waals surface area contributed by atoms with Crippen molar-refractivity contribution in [2.75, 3.05) is 13.2 Å². The highest BCUT2D eigenvalue weighted by molar-refractivity contribution is 6.32. The van der Waals surface area contributed by atoms with Crippen molar-refractivity contribution in [3.8, 4) is 0 Å². The Balaban J connectivity index is 1.50. The molecule has 1 aliphatic heterocycles. The Hall–Kier alpha value is -1.92. The van der Waals surface area contributed by atoms with Crippen LogP contribution >= 0.6 is 11.6 Å². The maximum Gasteiger partial charge on any atom is 0.360 e. The summed E-state index contributed by atoms with van der Waals surface area (Å²) in [6.45, 7) is 2.93. The Labute approximate surface area is 176 Å². The van der Waals surface area contributed by atoms with Gasteiger partial charge in [-0.1, -0.05) is 49.8 Å². The van der Waals surface area contributed by atoms with Crippen molar-refractivity contribution >= 4 is 29.0 Å². The van der Waals surface area contributed by atoms with E-state index >= 15 is 0 Å². The minimum Gasteiger partial charge on any atom is -0.461 e. The molecule has 0 amide bonds. The number of pyridine rings is 1. The molecule has 7 heteroatoms. The fraction of sp³-hybridized carbons (Fsp3) is 0.591. The molecule has 0 radical (unpaired) electrons. The largest absolute Gasteiger partial charge is 0.461 e. The molecule has 2 aromatic heterocycles. The van der Waals surface area contributed by atoms with Crippen molar-refractivity contribution in [3.63, 3.8) is 0 Å². The number of carbonyl (C=O) groups is 2. The third kappa shape index (κ3) is 4.19. The first-order chi connectivity index (χ1) is 14.1. The van der Waals surface area contributed by atoms with Gasteiger partial charge in [-0.3, -0.25) is 9.20 Å². The van der Waals surface area contributed by atoms with Gasteiger partial charge in [-0.15, -0.1) is 0 Å². The summed E-state index contributed by atoms with van der Waals surface area (Å²) in [6, 6.07) is 3.62. The van der Waals surface area contributed by atoms with E-state index in [1.807, 2.05) is 6.07 Å². The molecule has 156 valence electrons. The lowest BCUT2D eigenvalue weighted by Gasteiger charge is -2.30. The number of fused-ring (bicyclic) bond motifs is 1. The van der Waals surface area contributed by atoms with Crippen molar-refractivity contribution in [1.29, 1.82) is 0 Å². The molecule has 2 aliphatic rings. The summed E-state index contributed by atoms with van der Waals surface area (Å²) in [7, 11) is 0. The summed E-state index contributed by atoms with van der Waals surface area (Å²) in [6.07, 6.45) is 9.66. The Morgan fingerprint density at radius 1 is 1.24 bits per heavy atom. The van der Waals surface area contributed by atoms with Crippen LogP contribution in [0.15, 0.2) is 18.3 Å². The number of rotatable bonds is 6. The molecule has 2 aromatic rings. The number of hydrogen-bond acceptors (Lipinski definition) is 5. The molecular weight excluding hydrogens is 390 g/mol. The molecular formula is C22H28ClN3O3. The molecule has 6 nitrogen and oxygen atoms in total. The fourth-order valence-electron chi connectivity index (χ4n) is 4.95. The van der Waals surface area contributed by atoms with E-state index in [9.17, 15) is 9.59 Å². The van der Waals surface area contributed by atoms with Crippen LogP contribution in [0.3, 0.4) is 0 Å². The van der Waals surface area contributed by atoms with Crippen LogP contribution in [0.1, 0.15) is 61.5 Å². The summed E-state index contributed by atoms with van der Waals surface area (Å²) >= 11 is 6.35. The zero-order valence-electron chi connectivity index (χ0n) is 16.8. The first kappa shape index (κ1) is 20.4. The first-order valence-electron chi connectivity index (χ1n) is 10.7. The number of carbonyl (C=O) groups excluding carboxylic acids is 2. The molecule has 4 rings (SSSR count). The predicted molar refractivity (Wildman–Crippen MR) is 111 cm³/mol. The maximum absolute atomic E-state index is 13.1. The van der Waals surface area contributed by atoms with Crippen molar-refractivity contribution in [3.05, 3.63) is 34.7 Å². The lowest BCUT2D eigenvalue weighted by atomic mass is 9.75. The second-order valence-electron chi connectivity index (χ2n) is 8.16. The highest BCUT2D eigenvalue weighted by atomic mass is 35.5. The number of aromatic nitrogens is 2. The van der Waals surface area contributed by atoms with E-state index in [0.717, 1.165) is 18.5 Å². The zero-order chi connectivity index (χ0) is 20.4. The molecule has 2 atom stereocenters. The van der Waals surface area contributed by atoms with Gasteiger partial charge >= 0.3 is 5.97 Å².